The Kier molecular flexibility index (Phi) is 12.5. The fourth-order valence-electron chi connectivity index (χ4n) is 3.13. The molecule has 0 fully saturated rings. The lowest BCUT2D eigenvalue weighted by molar-refractivity contribution is -0.132. The first-order chi connectivity index (χ1) is 17.1. The third-order valence-corrected chi connectivity index (χ3v) is 6.04. The fourth-order valence-corrected chi connectivity index (χ4v) is 3.96. The van der Waals surface area contributed by atoms with Crippen molar-refractivity contribution in [1.82, 2.24) is 10.7 Å². The van der Waals surface area contributed by atoms with Gasteiger partial charge in [0, 0.05) is 15.1 Å². The average Bonchev–Trinajstić information content (AvgIpc) is 2.81. The maximum absolute atomic E-state index is 12.9. The van der Waals surface area contributed by atoms with Crippen LogP contribution in [0.25, 0.3) is 0 Å². The van der Waals surface area contributed by atoms with Crippen molar-refractivity contribution >= 4 is 57.2 Å². The second kappa shape index (κ2) is 15.1. The minimum atomic E-state index is -0.890. The standard InChI is InChI=1S/C26H32BrCl2N3O4/c1-5-6-11-35-23-9-7-19(27)13-18(23)15-30-32-26(34)22(12-16(2)3)31-25(33)17(4)36-24-10-8-20(28)14-21(24)29/h7-10,13-17,22H,5-6,11-12H2,1-4H3,(H,31,33)(H,32,34)/b30-15-/t17-,22+/m0/s1. The van der Waals surface area contributed by atoms with E-state index in [0.717, 1.165) is 17.3 Å². The summed E-state index contributed by atoms with van der Waals surface area (Å²) in [6.45, 7) is 8.19. The number of hydrazone groups is 1. The molecule has 0 radical (unpaired) electrons. The molecule has 0 aliphatic heterocycles. The second-order valence-corrected chi connectivity index (χ2v) is 10.4. The van der Waals surface area contributed by atoms with Crippen LogP contribution in [-0.2, 0) is 9.59 Å². The summed E-state index contributed by atoms with van der Waals surface area (Å²) in [6, 6.07) is 9.51. The van der Waals surface area contributed by atoms with Gasteiger partial charge in [0.25, 0.3) is 11.8 Å². The van der Waals surface area contributed by atoms with Gasteiger partial charge in [-0.2, -0.15) is 5.10 Å². The predicted octanol–water partition coefficient (Wildman–Crippen LogP) is 6.38. The third kappa shape index (κ3) is 9.99. The van der Waals surface area contributed by atoms with E-state index in [9.17, 15) is 9.59 Å². The highest BCUT2D eigenvalue weighted by Gasteiger charge is 2.25. The number of rotatable bonds is 13. The van der Waals surface area contributed by atoms with Crippen LogP contribution in [0.2, 0.25) is 10.0 Å². The molecule has 0 bridgehead atoms. The number of unbranched alkanes of at least 4 members (excludes halogenated alkanes) is 1. The number of nitrogens with zero attached hydrogens (tertiary/aromatic N) is 1. The van der Waals surface area contributed by atoms with Crippen molar-refractivity contribution in [3.05, 3.63) is 56.5 Å². The van der Waals surface area contributed by atoms with Crippen LogP contribution in [0.3, 0.4) is 0 Å². The van der Waals surface area contributed by atoms with Gasteiger partial charge in [-0.1, -0.05) is 66.3 Å². The summed E-state index contributed by atoms with van der Waals surface area (Å²) in [4.78, 5) is 25.7. The molecule has 2 rings (SSSR count). The van der Waals surface area contributed by atoms with Gasteiger partial charge in [0.15, 0.2) is 6.10 Å². The zero-order chi connectivity index (χ0) is 26.7. The average molecular weight is 601 g/mol. The Morgan fingerprint density at radius 3 is 2.47 bits per heavy atom. The van der Waals surface area contributed by atoms with E-state index in [1.54, 1.807) is 19.1 Å². The molecule has 0 saturated heterocycles. The highest BCUT2D eigenvalue weighted by Crippen LogP contribution is 2.28. The quantitative estimate of drug-likeness (QED) is 0.158. The number of carbonyl (C=O) groups excluding carboxylic acids is 2. The molecular weight excluding hydrogens is 569 g/mol. The van der Waals surface area contributed by atoms with Crippen LogP contribution >= 0.6 is 39.1 Å². The molecule has 0 aromatic heterocycles. The van der Waals surface area contributed by atoms with Crippen molar-refractivity contribution in [2.75, 3.05) is 6.61 Å². The third-order valence-electron chi connectivity index (χ3n) is 5.01. The molecule has 0 heterocycles. The van der Waals surface area contributed by atoms with E-state index in [-0.39, 0.29) is 5.92 Å². The maximum atomic E-state index is 12.9. The van der Waals surface area contributed by atoms with Crippen LogP contribution in [0.4, 0.5) is 0 Å². The smallest absolute Gasteiger partial charge is 0.262 e. The van der Waals surface area contributed by atoms with Crippen LogP contribution in [0.5, 0.6) is 11.5 Å². The molecule has 0 aliphatic rings. The first kappa shape index (κ1) is 29.9. The van der Waals surface area contributed by atoms with Gasteiger partial charge in [0.05, 0.1) is 17.8 Å². The highest BCUT2D eigenvalue weighted by atomic mass is 79.9. The Morgan fingerprint density at radius 1 is 1.08 bits per heavy atom. The summed E-state index contributed by atoms with van der Waals surface area (Å²) in [6.07, 6.45) is 3.01. The van der Waals surface area contributed by atoms with Gasteiger partial charge in [0.2, 0.25) is 0 Å². The summed E-state index contributed by atoms with van der Waals surface area (Å²) in [5.41, 5.74) is 3.24. The van der Waals surface area contributed by atoms with Crippen molar-refractivity contribution in [3.63, 3.8) is 0 Å². The molecule has 36 heavy (non-hydrogen) atoms. The van der Waals surface area contributed by atoms with E-state index in [0.29, 0.717) is 40.1 Å². The summed E-state index contributed by atoms with van der Waals surface area (Å²) in [7, 11) is 0. The minimum Gasteiger partial charge on any atom is -0.493 e. The van der Waals surface area contributed by atoms with Crippen LogP contribution in [-0.4, -0.2) is 36.8 Å². The summed E-state index contributed by atoms with van der Waals surface area (Å²) < 4.78 is 12.3. The summed E-state index contributed by atoms with van der Waals surface area (Å²) in [5, 5.41) is 7.60. The molecule has 10 heteroatoms. The van der Waals surface area contributed by atoms with Gasteiger partial charge in [-0.15, -0.1) is 0 Å². The van der Waals surface area contributed by atoms with E-state index in [1.165, 1.54) is 12.3 Å². The lowest BCUT2D eigenvalue weighted by atomic mass is 10.0. The summed E-state index contributed by atoms with van der Waals surface area (Å²) >= 11 is 15.5. The lowest BCUT2D eigenvalue weighted by Crippen LogP contribution is -2.49. The number of hydrogen-bond acceptors (Lipinski definition) is 5. The fraction of sp³-hybridized carbons (Fsp3) is 0.423. The van der Waals surface area contributed by atoms with Crippen molar-refractivity contribution in [2.24, 2.45) is 11.0 Å². The molecular formula is C26H32BrCl2N3O4. The normalized spacial score (nSPS) is 12.9. The number of ether oxygens (including phenoxy) is 2. The highest BCUT2D eigenvalue weighted by molar-refractivity contribution is 9.10. The Balaban J connectivity index is 2.04. The Hall–Kier alpha value is -2.29. The number of benzene rings is 2. The van der Waals surface area contributed by atoms with Crippen LogP contribution in [0, 0.1) is 5.92 Å². The first-order valence-corrected chi connectivity index (χ1v) is 13.3. The molecule has 0 spiro atoms. The van der Waals surface area contributed by atoms with Crippen molar-refractivity contribution < 1.29 is 19.1 Å². The monoisotopic (exact) mass is 599 g/mol. The zero-order valence-electron chi connectivity index (χ0n) is 20.8. The Labute approximate surface area is 231 Å². The number of amides is 2. The number of carbonyl (C=O) groups is 2. The van der Waals surface area contributed by atoms with Crippen molar-refractivity contribution in [3.8, 4) is 11.5 Å². The van der Waals surface area contributed by atoms with E-state index in [1.807, 2.05) is 32.0 Å². The van der Waals surface area contributed by atoms with Gasteiger partial charge < -0.3 is 14.8 Å². The topological polar surface area (TPSA) is 89.0 Å². The molecule has 0 aliphatic carbocycles. The largest absolute Gasteiger partial charge is 0.493 e. The molecule has 2 aromatic carbocycles. The second-order valence-electron chi connectivity index (χ2n) is 8.64. The lowest BCUT2D eigenvalue weighted by Gasteiger charge is -2.22. The number of hydrogen-bond donors (Lipinski definition) is 2. The van der Waals surface area contributed by atoms with E-state index in [4.69, 9.17) is 32.7 Å². The molecule has 0 unspecified atom stereocenters. The maximum Gasteiger partial charge on any atom is 0.262 e. The van der Waals surface area contributed by atoms with Crippen molar-refractivity contribution in [1.29, 1.82) is 0 Å². The van der Waals surface area contributed by atoms with Gasteiger partial charge in [-0.3, -0.25) is 9.59 Å². The van der Waals surface area contributed by atoms with Crippen molar-refractivity contribution in [2.45, 2.75) is 59.1 Å². The molecule has 2 aromatic rings. The molecule has 196 valence electrons. The van der Waals surface area contributed by atoms with E-state index < -0.39 is 24.0 Å². The number of nitrogens with one attached hydrogen (secondary N) is 2. The van der Waals surface area contributed by atoms with Crippen LogP contribution in [0.1, 0.15) is 52.5 Å². The summed E-state index contributed by atoms with van der Waals surface area (Å²) in [5.74, 6) is 0.251. The van der Waals surface area contributed by atoms with Gasteiger partial charge in [-0.25, -0.2) is 5.43 Å². The SMILES string of the molecule is CCCCOc1ccc(Br)cc1/C=N\NC(=O)[C@@H](CC(C)C)NC(=O)[C@H](C)Oc1ccc(Cl)cc1Cl. The first-order valence-electron chi connectivity index (χ1n) is 11.8. The van der Waals surface area contributed by atoms with Gasteiger partial charge in [-0.05, 0) is 62.1 Å². The molecule has 7 nitrogen and oxygen atoms in total. The number of halogens is 3. The molecule has 2 atom stereocenters. The molecule has 2 amide bonds. The predicted molar refractivity (Wildman–Crippen MR) is 148 cm³/mol. The van der Waals surface area contributed by atoms with E-state index >= 15 is 0 Å². The minimum absolute atomic E-state index is 0.149. The van der Waals surface area contributed by atoms with E-state index in [2.05, 4.69) is 38.7 Å². The zero-order valence-corrected chi connectivity index (χ0v) is 23.9. The Morgan fingerprint density at radius 2 is 1.81 bits per heavy atom. The van der Waals surface area contributed by atoms with Crippen LogP contribution < -0.4 is 20.2 Å². The van der Waals surface area contributed by atoms with Gasteiger partial charge in [0.1, 0.15) is 17.5 Å². The molecule has 2 N–H and O–H groups in total. The van der Waals surface area contributed by atoms with Crippen LogP contribution in [0.15, 0.2) is 46.0 Å². The molecule has 0 saturated carbocycles. The Bertz CT molecular complexity index is 1070. The van der Waals surface area contributed by atoms with Gasteiger partial charge >= 0.3 is 0 Å².